The number of aromatic amines is 1. The van der Waals surface area contributed by atoms with Crippen molar-refractivity contribution in [1.29, 1.82) is 0 Å². The minimum atomic E-state index is -0.498. The lowest BCUT2D eigenvalue weighted by molar-refractivity contribution is 0.0528. The predicted octanol–water partition coefficient (Wildman–Crippen LogP) is 3.38. The van der Waals surface area contributed by atoms with Gasteiger partial charge in [0.2, 0.25) is 0 Å². The molecule has 107 valence electrons. The van der Waals surface area contributed by atoms with E-state index in [-0.39, 0.29) is 5.75 Å². The van der Waals surface area contributed by atoms with Gasteiger partial charge in [0.15, 0.2) is 5.75 Å². The Morgan fingerprint density at radius 3 is 2.80 bits per heavy atom. The summed E-state index contributed by atoms with van der Waals surface area (Å²) in [6.07, 6.45) is 2.07. The van der Waals surface area contributed by atoms with Crippen molar-refractivity contribution in [3.63, 3.8) is 0 Å². The van der Waals surface area contributed by atoms with E-state index in [1.54, 1.807) is 12.1 Å². The molecule has 1 amide bonds. The summed E-state index contributed by atoms with van der Waals surface area (Å²) in [7, 11) is 0. The number of carbonyl (C=O) groups excluding carboxylic acids is 1. The minimum Gasteiger partial charge on any atom is -0.444 e. The molecule has 5 heteroatoms. The van der Waals surface area contributed by atoms with Gasteiger partial charge in [-0.1, -0.05) is 0 Å². The summed E-state index contributed by atoms with van der Waals surface area (Å²) in [6.45, 7) is 5.93. The summed E-state index contributed by atoms with van der Waals surface area (Å²) in [5, 5.41) is 15.0. The number of H-pyrrole nitrogens is 1. The Kier molecular flexibility index (Phi) is 3.88. The zero-order chi connectivity index (χ0) is 14.8. The quantitative estimate of drug-likeness (QED) is 0.901. The zero-order valence-corrected chi connectivity index (χ0v) is 11.9. The second kappa shape index (κ2) is 5.45. The van der Waals surface area contributed by atoms with E-state index >= 15 is 0 Å². The van der Waals surface area contributed by atoms with E-state index in [2.05, 4.69) is 10.3 Å². The highest BCUT2D eigenvalue weighted by Gasteiger charge is 2.15. The summed E-state index contributed by atoms with van der Waals surface area (Å²) < 4.78 is 5.16. The van der Waals surface area contributed by atoms with Crippen molar-refractivity contribution in [2.45, 2.75) is 32.8 Å². The number of hydrogen-bond acceptors (Lipinski definition) is 2. The van der Waals surface area contributed by atoms with Gasteiger partial charge in [0.05, 0.1) is 0 Å². The number of rotatable bonds is 3. The number of carbonyl (C=O) groups is 1. The smallest absolute Gasteiger partial charge is 0.407 e. The number of nitrogens with one attached hydrogen (secondary N) is 2. The summed E-state index contributed by atoms with van der Waals surface area (Å²) in [5.41, 5.74) is 1.44. The molecular weight excluding hydrogens is 256 g/mol. The average Bonchev–Trinajstić information content (AvgIpc) is 2.69. The molecule has 20 heavy (non-hydrogen) atoms. The molecule has 0 saturated heterocycles. The Morgan fingerprint density at radius 2 is 2.10 bits per heavy atom. The number of ether oxygens (including phenoxy) is 1. The maximum atomic E-state index is 11.5. The first-order valence-electron chi connectivity index (χ1n) is 6.59. The molecule has 2 aromatic rings. The molecule has 1 heterocycles. The molecule has 1 aromatic carbocycles. The fourth-order valence-electron chi connectivity index (χ4n) is 1.98. The molecule has 2 rings (SSSR count). The van der Waals surface area contributed by atoms with Crippen LogP contribution in [0.3, 0.4) is 0 Å². The van der Waals surface area contributed by atoms with Crippen LogP contribution in [0, 0.1) is 0 Å². The van der Waals surface area contributed by atoms with Gasteiger partial charge in [-0.2, -0.15) is 0 Å². The monoisotopic (exact) mass is 275 g/mol. The van der Waals surface area contributed by atoms with Crippen molar-refractivity contribution in [3.8, 4) is 5.75 Å². The molecular formula is C15H19N2O3. The highest BCUT2D eigenvalue weighted by Crippen LogP contribution is 2.23. The van der Waals surface area contributed by atoms with Crippen LogP contribution in [0.2, 0.25) is 0 Å². The number of amides is 1. The van der Waals surface area contributed by atoms with Gasteiger partial charge in [-0.25, -0.2) is 4.79 Å². The summed E-state index contributed by atoms with van der Waals surface area (Å²) in [4.78, 5) is 14.6. The lowest BCUT2D eigenvalue weighted by atomic mass is 10.1. The first kappa shape index (κ1) is 14.2. The molecule has 1 radical (unpaired) electrons. The Bertz CT molecular complexity index is 611. The highest BCUT2D eigenvalue weighted by atomic mass is 16.6. The van der Waals surface area contributed by atoms with Crippen LogP contribution in [0.1, 0.15) is 26.3 Å². The van der Waals surface area contributed by atoms with Crippen LogP contribution in [0.25, 0.3) is 10.9 Å². The summed E-state index contributed by atoms with van der Waals surface area (Å²) >= 11 is 0. The lowest BCUT2D eigenvalue weighted by Gasteiger charge is -2.19. The van der Waals surface area contributed by atoms with E-state index in [4.69, 9.17) is 4.74 Å². The van der Waals surface area contributed by atoms with Crippen molar-refractivity contribution < 1.29 is 14.6 Å². The van der Waals surface area contributed by atoms with E-state index in [9.17, 15) is 9.90 Å². The van der Waals surface area contributed by atoms with Crippen LogP contribution >= 0.6 is 0 Å². The molecule has 0 atom stereocenters. The van der Waals surface area contributed by atoms with E-state index in [0.717, 1.165) is 16.5 Å². The third-order valence-electron chi connectivity index (χ3n) is 2.80. The van der Waals surface area contributed by atoms with Gasteiger partial charge >= 0.3 is 6.09 Å². The van der Waals surface area contributed by atoms with Gasteiger partial charge in [-0.3, -0.25) is 5.11 Å². The first-order chi connectivity index (χ1) is 9.35. The van der Waals surface area contributed by atoms with Gasteiger partial charge < -0.3 is 15.0 Å². The fourth-order valence-corrected chi connectivity index (χ4v) is 1.98. The van der Waals surface area contributed by atoms with Crippen LogP contribution in [-0.2, 0) is 16.3 Å². The number of fused-ring (bicyclic) bond motifs is 1. The SMILES string of the molecule is CC(C)(C)OC(=O)NCCc1c[nH]c2ccc([O])cc12. The number of aromatic nitrogens is 1. The van der Waals surface area contributed by atoms with Gasteiger partial charge in [0.1, 0.15) is 5.60 Å². The minimum absolute atomic E-state index is 0.0153. The van der Waals surface area contributed by atoms with Crippen molar-refractivity contribution in [2.75, 3.05) is 6.54 Å². The molecule has 2 N–H and O–H groups in total. The average molecular weight is 275 g/mol. The van der Waals surface area contributed by atoms with Crippen molar-refractivity contribution in [3.05, 3.63) is 30.0 Å². The van der Waals surface area contributed by atoms with Crippen LogP contribution in [-0.4, -0.2) is 23.2 Å². The molecule has 0 fully saturated rings. The lowest BCUT2D eigenvalue weighted by Crippen LogP contribution is -2.33. The van der Waals surface area contributed by atoms with E-state index in [0.29, 0.717) is 13.0 Å². The van der Waals surface area contributed by atoms with E-state index in [1.165, 1.54) is 6.07 Å². The Morgan fingerprint density at radius 1 is 1.35 bits per heavy atom. The Hall–Kier alpha value is -2.17. The van der Waals surface area contributed by atoms with Gasteiger partial charge in [0.25, 0.3) is 0 Å². The standard InChI is InChI=1S/C15H19N2O3/c1-15(2,3)20-14(19)16-7-6-10-9-17-13-5-4-11(18)8-12(10)13/h4-5,8-9,17H,6-7H2,1-3H3,(H,16,19). The second-order valence-electron chi connectivity index (χ2n) is 5.70. The maximum absolute atomic E-state index is 11.5. The Labute approximate surface area is 117 Å². The topological polar surface area (TPSA) is 74.0 Å². The van der Waals surface area contributed by atoms with Crippen LogP contribution in [0.4, 0.5) is 4.79 Å². The molecule has 0 aliphatic rings. The molecule has 5 nitrogen and oxygen atoms in total. The van der Waals surface area contributed by atoms with E-state index < -0.39 is 11.7 Å². The summed E-state index contributed by atoms with van der Waals surface area (Å²) in [6, 6.07) is 4.90. The van der Waals surface area contributed by atoms with Crippen LogP contribution in [0.15, 0.2) is 24.4 Å². The molecule has 0 aliphatic carbocycles. The van der Waals surface area contributed by atoms with E-state index in [1.807, 2.05) is 27.0 Å². The molecule has 0 bridgehead atoms. The molecule has 0 unspecified atom stereocenters. The highest BCUT2D eigenvalue weighted by molar-refractivity contribution is 5.84. The third-order valence-corrected chi connectivity index (χ3v) is 2.80. The third kappa shape index (κ3) is 3.66. The normalized spacial score (nSPS) is 11.6. The number of hydrogen-bond donors (Lipinski definition) is 2. The largest absolute Gasteiger partial charge is 0.444 e. The molecule has 0 aliphatic heterocycles. The van der Waals surface area contributed by atoms with Crippen molar-refractivity contribution >= 4 is 17.0 Å². The number of alkyl carbamates (subject to hydrolysis) is 1. The first-order valence-corrected chi connectivity index (χ1v) is 6.59. The maximum Gasteiger partial charge on any atom is 0.407 e. The Balaban J connectivity index is 1.93. The second-order valence-corrected chi connectivity index (χ2v) is 5.70. The summed E-state index contributed by atoms with van der Waals surface area (Å²) in [5.74, 6) is -0.0153. The molecule has 1 aromatic heterocycles. The number of benzene rings is 1. The predicted molar refractivity (Wildman–Crippen MR) is 76.4 cm³/mol. The van der Waals surface area contributed by atoms with Gasteiger partial charge in [-0.05, 0) is 51.0 Å². The van der Waals surface area contributed by atoms with Crippen LogP contribution < -0.4 is 5.32 Å². The molecule has 0 spiro atoms. The zero-order valence-electron chi connectivity index (χ0n) is 11.9. The van der Waals surface area contributed by atoms with Crippen molar-refractivity contribution in [1.82, 2.24) is 10.3 Å². The van der Waals surface area contributed by atoms with Crippen LogP contribution in [0.5, 0.6) is 5.75 Å². The van der Waals surface area contributed by atoms with Gasteiger partial charge in [-0.15, -0.1) is 0 Å². The fraction of sp³-hybridized carbons (Fsp3) is 0.400. The molecule has 0 saturated carbocycles. The van der Waals surface area contributed by atoms with Gasteiger partial charge in [0, 0.05) is 23.6 Å². The van der Waals surface area contributed by atoms with Crippen molar-refractivity contribution in [2.24, 2.45) is 0 Å².